The summed E-state index contributed by atoms with van der Waals surface area (Å²) in [5.41, 5.74) is 0.510. The van der Waals surface area contributed by atoms with Gasteiger partial charge in [-0.1, -0.05) is 50.6 Å². The van der Waals surface area contributed by atoms with E-state index in [4.69, 9.17) is 22.1 Å². The van der Waals surface area contributed by atoms with Gasteiger partial charge in [-0.05, 0) is 39.2 Å². The highest BCUT2D eigenvalue weighted by Gasteiger charge is 2.50. The molecule has 3 N–H and O–H groups in total. The Morgan fingerprint density at radius 2 is 1.75 bits per heavy atom. The van der Waals surface area contributed by atoms with E-state index in [1.165, 1.54) is 17.1 Å². The Morgan fingerprint density at radius 1 is 1.11 bits per heavy atom. The molecule has 298 valence electrons. The highest BCUT2D eigenvalue weighted by atomic mass is 32.2. The number of nitrogens with one attached hydrogen (secondary N) is 2. The van der Waals surface area contributed by atoms with E-state index in [2.05, 4.69) is 10.3 Å². The van der Waals surface area contributed by atoms with Crippen molar-refractivity contribution >= 4 is 43.5 Å². The van der Waals surface area contributed by atoms with Gasteiger partial charge in [0.1, 0.15) is 24.2 Å². The minimum atomic E-state index is -3.92. The van der Waals surface area contributed by atoms with E-state index in [-0.39, 0.29) is 67.3 Å². The highest BCUT2D eigenvalue weighted by Crippen LogP contribution is 2.30. The molecule has 0 spiro atoms. The quantitative estimate of drug-likeness (QED) is 0.245. The molecular weight excluding hydrogens is 733 g/mol. The van der Waals surface area contributed by atoms with E-state index in [9.17, 15) is 32.7 Å². The van der Waals surface area contributed by atoms with Gasteiger partial charge in [0.2, 0.25) is 11.8 Å². The molecule has 18 heteroatoms. The smallest absolute Gasteiger partial charge is 0.330 e. The number of ketones is 1. The second-order valence-electron chi connectivity index (χ2n) is 13.6. The van der Waals surface area contributed by atoms with Gasteiger partial charge >= 0.3 is 5.97 Å². The van der Waals surface area contributed by atoms with E-state index >= 15 is 0 Å². The van der Waals surface area contributed by atoms with Crippen molar-refractivity contribution in [3.63, 3.8) is 0 Å². The average molecular weight is 787 g/mol. The zero-order valence-electron chi connectivity index (χ0n) is 31.4. The van der Waals surface area contributed by atoms with Gasteiger partial charge in [-0.2, -0.15) is 0 Å². The number of fused-ring (bicyclic) bond motifs is 3. The SMILES string of the molecule is CC[NH+](CC)CCS(=O)(=O)[C@@H]1CCN2C(=O)c3coc(n3)CC(=O)C[C@H](O)C=C(C)C=CCNC(=O)C=C[C@@H](C)[C@@H](C(C)C)OC(=O)C12.CS(=O)(=O)[O-]. The number of ether oxygens (including phenoxy) is 1. The summed E-state index contributed by atoms with van der Waals surface area (Å²) in [6, 6.07) is -1.43. The third-order valence-corrected chi connectivity index (χ3v) is 11.0. The number of nitrogens with zero attached hydrogens (tertiary/aromatic N) is 2. The molecule has 0 aromatic carbocycles. The number of sulfone groups is 1. The average Bonchev–Trinajstić information content (AvgIpc) is 3.71. The maximum absolute atomic E-state index is 14.0. The van der Waals surface area contributed by atoms with Crippen molar-refractivity contribution in [2.45, 2.75) is 84.3 Å². The highest BCUT2D eigenvalue weighted by molar-refractivity contribution is 7.92. The van der Waals surface area contributed by atoms with E-state index in [0.717, 1.165) is 24.3 Å². The van der Waals surface area contributed by atoms with Crippen LogP contribution in [0.4, 0.5) is 0 Å². The zero-order valence-corrected chi connectivity index (χ0v) is 33.1. The van der Waals surface area contributed by atoms with E-state index in [1.807, 2.05) is 27.7 Å². The number of aromatic nitrogens is 1. The molecule has 2 amide bonds. The summed E-state index contributed by atoms with van der Waals surface area (Å²) in [7, 11) is -7.77. The van der Waals surface area contributed by atoms with Crippen LogP contribution in [-0.2, 0) is 45.5 Å². The molecular formula is C35H54N4O12S2. The monoisotopic (exact) mass is 786 g/mol. The number of esters is 1. The third kappa shape index (κ3) is 15.3. The summed E-state index contributed by atoms with van der Waals surface area (Å²) in [5.74, 6) is -3.16. The molecule has 16 nitrogen and oxygen atoms in total. The lowest BCUT2D eigenvalue weighted by Gasteiger charge is -2.31. The number of carbonyl (C=O) groups excluding carboxylic acids is 4. The lowest BCUT2D eigenvalue weighted by Crippen LogP contribution is -3.12. The fourth-order valence-electron chi connectivity index (χ4n) is 6.08. The number of allylic oxidation sites excluding steroid dienone is 2. The van der Waals surface area contributed by atoms with E-state index in [1.54, 1.807) is 32.1 Å². The van der Waals surface area contributed by atoms with Gasteiger partial charge < -0.3 is 33.9 Å². The minimum Gasteiger partial charge on any atom is -0.748 e. The number of quaternary nitrogens is 1. The number of aliphatic hydroxyl groups is 1. The number of carbonyl (C=O) groups is 4. The predicted octanol–water partition coefficient (Wildman–Crippen LogP) is 0.0136. The van der Waals surface area contributed by atoms with Gasteiger partial charge in [0, 0.05) is 31.7 Å². The number of Topliss-reactive ketones (excluding diaryl/α,β-unsaturated/α-hetero) is 1. The fraction of sp³-hybridized carbons (Fsp3) is 0.629. The molecule has 2 bridgehead atoms. The van der Waals surface area contributed by atoms with Crippen molar-refractivity contribution in [2.75, 3.05) is 44.7 Å². The van der Waals surface area contributed by atoms with Gasteiger partial charge in [-0.25, -0.2) is 26.6 Å². The van der Waals surface area contributed by atoms with Crippen molar-refractivity contribution in [2.24, 2.45) is 11.8 Å². The molecule has 1 saturated heterocycles. The fourth-order valence-corrected chi connectivity index (χ4v) is 8.08. The van der Waals surface area contributed by atoms with Crippen molar-refractivity contribution in [1.29, 1.82) is 0 Å². The minimum absolute atomic E-state index is 0.0321. The van der Waals surface area contributed by atoms with Crippen molar-refractivity contribution in [1.82, 2.24) is 15.2 Å². The molecule has 2 aliphatic heterocycles. The maximum Gasteiger partial charge on any atom is 0.330 e. The Balaban J connectivity index is 0.00000181. The van der Waals surface area contributed by atoms with Crippen LogP contribution in [0.2, 0.25) is 0 Å². The molecule has 2 aliphatic rings. The Kier molecular flexibility index (Phi) is 17.7. The Hall–Kier alpha value is -3.71. The first-order chi connectivity index (χ1) is 24.7. The van der Waals surface area contributed by atoms with Crippen molar-refractivity contribution in [3.8, 4) is 0 Å². The molecule has 0 aliphatic carbocycles. The first kappa shape index (κ1) is 45.4. The first-order valence-corrected chi connectivity index (χ1v) is 21.1. The maximum atomic E-state index is 14.0. The Bertz CT molecular complexity index is 1720. The summed E-state index contributed by atoms with van der Waals surface area (Å²) in [6.07, 6.45) is 7.32. The zero-order chi connectivity index (χ0) is 40.1. The molecule has 0 saturated carbocycles. The number of amides is 2. The lowest BCUT2D eigenvalue weighted by atomic mass is 9.94. The summed E-state index contributed by atoms with van der Waals surface area (Å²) in [5, 5.41) is 11.9. The van der Waals surface area contributed by atoms with Crippen LogP contribution in [0.1, 0.15) is 70.8 Å². The Morgan fingerprint density at radius 3 is 2.36 bits per heavy atom. The summed E-state index contributed by atoms with van der Waals surface area (Å²) < 4.78 is 66.1. The van der Waals surface area contributed by atoms with Crippen LogP contribution in [0.15, 0.2) is 46.6 Å². The van der Waals surface area contributed by atoms with Crippen LogP contribution in [0.3, 0.4) is 0 Å². The van der Waals surface area contributed by atoms with Crippen LogP contribution < -0.4 is 10.2 Å². The third-order valence-electron chi connectivity index (χ3n) is 8.81. The molecule has 53 heavy (non-hydrogen) atoms. The second-order valence-corrected chi connectivity index (χ2v) is 17.3. The van der Waals surface area contributed by atoms with Crippen LogP contribution in [0, 0.1) is 11.8 Å². The summed E-state index contributed by atoms with van der Waals surface area (Å²) in [4.78, 5) is 59.4. The van der Waals surface area contributed by atoms with Crippen LogP contribution >= 0.6 is 0 Å². The molecule has 1 fully saturated rings. The number of cyclic esters (lactones) is 1. The molecule has 1 unspecified atom stereocenters. The standard InChI is InChI=1S/C34H50N4O9S.CH4O3S/c1-7-37(8-2)16-17-48(44,45)28-13-15-38-31(28)34(43)47-32(22(3)4)24(6)11-12-29(41)35-14-9-10-23(5)18-25(39)19-26(40)20-30-36-27(21-46-30)33(38)42;1-5(2,3)4/h9-12,18,21-22,24-25,28,31-32,39H,7-8,13-17,19-20H2,1-6H3,(H,35,41);1H3,(H,2,3,4)/t24-,25-,28-,31?,32-;/m1./s1. The lowest BCUT2D eigenvalue weighted by molar-refractivity contribution is -0.893. The van der Waals surface area contributed by atoms with E-state index in [0.29, 0.717) is 18.4 Å². The molecule has 3 heterocycles. The van der Waals surface area contributed by atoms with Gasteiger partial charge in [-0.15, -0.1) is 0 Å². The summed E-state index contributed by atoms with van der Waals surface area (Å²) >= 11 is 0. The number of hydrogen-bond acceptors (Lipinski definition) is 13. The largest absolute Gasteiger partial charge is 0.748 e. The second kappa shape index (κ2) is 20.7. The topological polar surface area (TPSA) is 235 Å². The van der Waals surface area contributed by atoms with Gasteiger partial charge in [0.15, 0.2) is 15.5 Å². The van der Waals surface area contributed by atoms with Crippen LogP contribution in [0.5, 0.6) is 0 Å². The van der Waals surface area contributed by atoms with Gasteiger partial charge in [0.05, 0.1) is 53.3 Å². The van der Waals surface area contributed by atoms with Gasteiger partial charge in [0.25, 0.3) is 5.91 Å². The molecule has 5 atom stereocenters. The predicted molar refractivity (Wildman–Crippen MR) is 194 cm³/mol. The molecule has 3 rings (SSSR count). The molecule has 1 aromatic heterocycles. The number of hydrogen-bond donors (Lipinski definition) is 3. The summed E-state index contributed by atoms with van der Waals surface area (Å²) in [6.45, 7) is 13.2. The van der Waals surface area contributed by atoms with E-state index < -0.39 is 61.2 Å². The van der Waals surface area contributed by atoms with Crippen molar-refractivity contribution < 1.29 is 59.7 Å². The molecule has 1 aromatic rings. The van der Waals surface area contributed by atoms with Crippen LogP contribution in [-0.4, -0.2) is 128 Å². The van der Waals surface area contributed by atoms with Gasteiger partial charge in [-0.3, -0.25) is 14.4 Å². The normalized spacial score (nSPS) is 24.3. The van der Waals surface area contributed by atoms with Crippen molar-refractivity contribution in [3.05, 3.63) is 53.8 Å². The number of oxazole rings is 1. The number of aliphatic hydroxyl groups excluding tert-OH is 1. The number of rotatable bonds is 7. The van der Waals surface area contributed by atoms with Crippen LogP contribution in [0.25, 0.3) is 0 Å². The first-order valence-electron chi connectivity index (χ1n) is 17.6. The Labute approximate surface area is 312 Å². The molecule has 0 radical (unpaired) electrons.